The summed E-state index contributed by atoms with van der Waals surface area (Å²) in [5.74, 6) is -0.985. The summed E-state index contributed by atoms with van der Waals surface area (Å²) >= 11 is 11.9. The minimum Gasteiger partial charge on any atom is -0.453 e. The third kappa shape index (κ3) is 5.88. The molecule has 0 bridgehead atoms. The molecule has 1 aromatic rings. The number of anilines is 1. The number of benzene rings is 1. The average molecular weight is 348 g/mol. The Balaban J connectivity index is 2.51. The van der Waals surface area contributed by atoms with Gasteiger partial charge in [-0.1, -0.05) is 29.3 Å². The van der Waals surface area contributed by atoms with E-state index < -0.39 is 17.9 Å². The molecule has 0 heterocycles. The maximum Gasteiger partial charge on any atom is 0.413 e. The Morgan fingerprint density at radius 2 is 1.68 bits per heavy atom. The molecular weight excluding hydrogens is 333 g/mol. The molecule has 1 aromatic carbocycles. The van der Waals surface area contributed by atoms with E-state index in [0.717, 1.165) is 7.11 Å². The highest BCUT2D eigenvalue weighted by atomic mass is 35.5. The van der Waals surface area contributed by atoms with Crippen LogP contribution in [-0.2, 0) is 14.3 Å². The van der Waals surface area contributed by atoms with Crippen molar-refractivity contribution in [2.75, 3.05) is 32.6 Å². The first-order valence-corrected chi connectivity index (χ1v) is 6.89. The molecule has 0 aliphatic heterocycles. The summed E-state index contributed by atoms with van der Waals surface area (Å²) in [5, 5.41) is 5.18. The number of nitrogens with zero attached hydrogens (tertiary/aromatic N) is 1. The van der Waals surface area contributed by atoms with Crippen molar-refractivity contribution in [1.29, 1.82) is 0 Å². The summed E-state index contributed by atoms with van der Waals surface area (Å²) in [5.41, 5.74) is 0.309. The highest BCUT2D eigenvalue weighted by molar-refractivity contribution is 6.39. The number of nitrogens with one attached hydrogen (secondary N) is 2. The number of hydrogen-bond acceptors (Lipinski definition) is 5. The Morgan fingerprint density at radius 1 is 1.14 bits per heavy atom. The lowest BCUT2D eigenvalue weighted by Gasteiger charge is -2.16. The fourth-order valence-electron chi connectivity index (χ4n) is 1.55. The first-order chi connectivity index (χ1) is 10.3. The number of carbonyl (C=O) groups excluding carboxylic acids is 3. The zero-order chi connectivity index (χ0) is 16.7. The zero-order valence-electron chi connectivity index (χ0n) is 12.0. The molecule has 0 spiro atoms. The summed E-state index contributed by atoms with van der Waals surface area (Å²) in [6, 6.07) is 4.84. The van der Waals surface area contributed by atoms with Crippen molar-refractivity contribution in [1.82, 2.24) is 10.2 Å². The van der Waals surface area contributed by atoms with Crippen LogP contribution in [0.4, 0.5) is 10.5 Å². The summed E-state index contributed by atoms with van der Waals surface area (Å²) in [4.78, 5) is 35.6. The molecular formula is C13H15Cl2N3O4. The van der Waals surface area contributed by atoms with E-state index >= 15 is 0 Å². The van der Waals surface area contributed by atoms with Crippen molar-refractivity contribution in [3.05, 3.63) is 28.2 Å². The fourth-order valence-corrected chi connectivity index (χ4v) is 2.04. The molecule has 3 amide bonds. The smallest absolute Gasteiger partial charge is 0.413 e. The van der Waals surface area contributed by atoms with Gasteiger partial charge in [-0.15, -0.1) is 0 Å². The molecule has 0 aromatic heterocycles. The van der Waals surface area contributed by atoms with Crippen LogP contribution in [0, 0.1) is 0 Å². The maximum absolute atomic E-state index is 11.9. The summed E-state index contributed by atoms with van der Waals surface area (Å²) in [6.07, 6.45) is -0.856. The van der Waals surface area contributed by atoms with Gasteiger partial charge in [-0.25, -0.2) is 4.79 Å². The highest BCUT2D eigenvalue weighted by Crippen LogP contribution is 2.29. The highest BCUT2D eigenvalue weighted by Gasteiger charge is 2.15. The van der Waals surface area contributed by atoms with Crippen LogP contribution >= 0.6 is 23.2 Å². The van der Waals surface area contributed by atoms with Crippen LogP contribution in [0.5, 0.6) is 0 Å². The lowest BCUT2D eigenvalue weighted by Crippen LogP contribution is -2.41. The third-order valence-corrected chi connectivity index (χ3v) is 3.11. The van der Waals surface area contributed by atoms with Crippen molar-refractivity contribution in [3.8, 4) is 0 Å². The van der Waals surface area contributed by atoms with Gasteiger partial charge in [-0.3, -0.25) is 19.8 Å². The van der Waals surface area contributed by atoms with Gasteiger partial charge in [0.25, 0.3) is 0 Å². The molecule has 0 unspecified atom stereocenters. The van der Waals surface area contributed by atoms with Crippen molar-refractivity contribution >= 4 is 46.8 Å². The second kappa shape index (κ2) is 8.57. The Kier molecular flexibility index (Phi) is 7.10. The van der Waals surface area contributed by atoms with Crippen LogP contribution in [0.3, 0.4) is 0 Å². The van der Waals surface area contributed by atoms with Crippen LogP contribution in [0.2, 0.25) is 10.0 Å². The van der Waals surface area contributed by atoms with E-state index in [9.17, 15) is 14.4 Å². The van der Waals surface area contributed by atoms with Crippen LogP contribution in [0.25, 0.3) is 0 Å². The number of methoxy groups -OCH3 is 1. The number of ether oxygens (including phenoxy) is 1. The molecule has 0 aliphatic carbocycles. The Hall–Kier alpha value is -1.83. The molecule has 120 valence electrons. The largest absolute Gasteiger partial charge is 0.453 e. The lowest BCUT2D eigenvalue weighted by molar-refractivity contribution is -0.122. The Bertz CT molecular complexity index is 560. The van der Waals surface area contributed by atoms with E-state index in [0.29, 0.717) is 15.7 Å². The monoisotopic (exact) mass is 347 g/mol. The van der Waals surface area contributed by atoms with Gasteiger partial charge < -0.3 is 10.1 Å². The lowest BCUT2D eigenvalue weighted by atomic mass is 10.3. The number of rotatable bonds is 5. The van der Waals surface area contributed by atoms with Gasteiger partial charge in [-0.2, -0.15) is 0 Å². The van der Waals surface area contributed by atoms with Gasteiger partial charge in [0.1, 0.15) is 0 Å². The molecule has 0 saturated heterocycles. The maximum atomic E-state index is 11.9. The van der Waals surface area contributed by atoms with E-state index in [1.165, 1.54) is 4.90 Å². The Morgan fingerprint density at radius 3 is 2.23 bits per heavy atom. The first-order valence-electron chi connectivity index (χ1n) is 6.13. The van der Waals surface area contributed by atoms with E-state index in [2.05, 4.69) is 10.1 Å². The van der Waals surface area contributed by atoms with Gasteiger partial charge in [-0.05, 0) is 19.2 Å². The van der Waals surface area contributed by atoms with Crippen molar-refractivity contribution in [2.45, 2.75) is 0 Å². The third-order valence-electron chi connectivity index (χ3n) is 2.48. The number of halogens is 2. The number of hydrogen-bond donors (Lipinski definition) is 2. The molecule has 9 heteroatoms. The summed E-state index contributed by atoms with van der Waals surface area (Å²) < 4.78 is 4.29. The van der Waals surface area contributed by atoms with Gasteiger partial charge in [0, 0.05) is 0 Å². The van der Waals surface area contributed by atoms with Crippen LogP contribution in [0.15, 0.2) is 18.2 Å². The Labute approximate surface area is 137 Å². The molecule has 1 rings (SSSR count). The second-order valence-corrected chi connectivity index (χ2v) is 5.17. The fraction of sp³-hybridized carbons (Fsp3) is 0.308. The van der Waals surface area contributed by atoms with Gasteiger partial charge in [0.15, 0.2) is 0 Å². The quantitative estimate of drug-likeness (QED) is 0.846. The summed E-state index contributed by atoms with van der Waals surface area (Å²) in [6.45, 7) is -0.241. The predicted octanol–water partition coefficient (Wildman–Crippen LogP) is 1.75. The molecule has 0 fully saturated rings. The molecule has 0 saturated carbocycles. The minimum atomic E-state index is -0.856. The van der Waals surface area contributed by atoms with Crippen molar-refractivity contribution in [2.24, 2.45) is 0 Å². The molecule has 2 N–H and O–H groups in total. The number of amides is 3. The van der Waals surface area contributed by atoms with Crippen molar-refractivity contribution in [3.63, 3.8) is 0 Å². The molecule has 0 radical (unpaired) electrons. The zero-order valence-corrected chi connectivity index (χ0v) is 13.5. The van der Waals surface area contributed by atoms with Crippen LogP contribution in [0.1, 0.15) is 0 Å². The molecule has 22 heavy (non-hydrogen) atoms. The van der Waals surface area contributed by atoms with Gasteiger partial charge in [0.05, 0.1) is 35.9 Å². The molecule has 0 aliphatic rings. The number of imide groups is 1. The van der Waals surface area contributed by atoms with Gasteiger partial charge >= 0.3 is 6.09 Å². The normalized spacial score (nSPS) is 10.2. The van der Waals surface area contributed by atoms with E-state index in [-0.39, 0.29) is 13.1 Å². The van der Waals surface area contributed by atoms with Gasteiger partial charge in [0.2, 0.25) is 11.8 Å². The average Bonchev–Trinajstić information content (AvgIpc) is 2.42. The molecule has 0 atom stereocenters. The van der Waals surface area contributed by atoms with Crippen LogP contribution in [-0.4, -0.2) is 50.1 Å². The van der Waals surface area contributed by atoms with E-state index in [1.54, 1.807) is 25.2 Å². The first kappa shape index (κ1) is 18.2. The van der Waals surface area contributed by atoms with Crippen LogP contribution < -0.4 is 10.6 Å². The number of likely N-dealkylation sites (N-methyl/N-ethyl adjacent to an activating group) is 1. The number of alkyl carbamates (subject to hydrolysis) is 1. The topological polar surface area (TPSA) is 87.7 Å². The standard InChI is InChI=1S/C13H15Cl2N3O4/c1-18(7-11(20)17-13(21)22-2)6-10(19)16-12-8(14)4-3-5-9(12)15/h3-5H,6-7H2,1-2H3,(H,16,19)(H,17,20,21). The SMILES string of the molecule is COC(=O)NC(=O)CN(C)CC(=O)Nc1c(Cl)cccc1Cl. The number of carbonyl (C=O) groups is 3. The minimum absolute atomic E-state index is 0.0872. The van der Waals surface area contributed by atoms with Crippen molar-refractivity contribution < 1.29 is 19.1 Å². The predicted molar refractivity (Wildman–Crippen MR) is 83.1 cm³/mol. The summed E-state index contributed by atoms with van der Waals surface area (Å²) in [7, 11) is 2.69. The number of para-hydroxylation sites is 1. The molecule has 7 nitrogen and oxygen atoms in total. The van der Waals surface area contributed by atoms with E-state index in [4.69, 9.17) is 23.2 Å². The van der Waals surface area contributed by atoms with E-state index in [1.807, 2.05) is 5.32 Å². The second-order valence-electron chi connectivity index (χ2n) is 4.36.